The minimum Gasteiger partial charge on any atom is -0.330 e. The van der Waals surface area contributed by atoms with Crippen molar-refractivity contribution in [1.29, 1.82) is 0 Å². The number of hydrogen-bond acceptors (Lipinski definition) is 2. The van der Waals surface area contributed by atoms with Gasteiger partial charge in [-0.15, -0.1) is 0 Å². The number of benzene rings is 1. The zero-order valence-corrected chi connectivity index (χ0v) is 14.0. The Morgan fingerprint density at radius 1 is 1.38 bits per heavy atom. The van der Waals surface area contributed by atoms with Gasteiger partial charge in [-0.2, -0.15) is 5.10 Å². The Morgan fingerprint density at radius 2 is 2.14 bits per heavy atom. The van der Waals surface area contributed by atoms with Gasteiger partial charge in [-0.1, -0.05) is 19.1 Å². The highest BCUT2D eigenvalue weighted by Crippen LogP contribution is 2.28. The van der Waals surface area contributed by atoms with Gasteiger partial charge in [0.25, 0.3) is 0 Å². The van der Waals surface area contributed by atoms with Crippen LogP contribution in [0.2, 0.25) is 0 Å². The first kappa shape index (κ1) is 16.2. The molecule has 0 fully saturated rings. The van der Waals surface area contributed by atoms with E-state index in [0.717, 1.165) is 40.8 Å². The van der Waals surface area contributed by atoms with Gasteiger partial charge in [-0.25, -0.2) is 4.39 Å². The molecular weight excluding hydrogens is 333 g/mol. The molecule has 0 aliphatic rings. The van der Waals surface area contributed by atoms with Crippen LogP contribution < -0.4 is 5.73 Å². The monoisotopic (exact) mass is 353 g/mol. The van der Waals surface area contributed by atoms with Crippen molar-refractivity contribution in [2.45, 2.75) is 39.2 Å². The molecule has 0 saturated carbocycles. The first-order valence-corrected chi connectivity index (χ1v) is 8.09. The van der Waals surface area contributed by atoms with Gasteiger partial charge in [-0.05, 0) is 59.9 Å². The van der Waals surface area contributed by atoms with Crippen molar-refractivity contribution in [3.8, 4) is 0 Å². The smallest absolute Gasteiger partial charge is 0.123 e. The summed E-state index contributed by atoms with van der Waals surface area (Å²) in [6.45, 7) is 5.45. The van der Waals surface area contributed by atoms with Crippen LogP contribution in [0.25, 0.3) is 0 Å². The standard InChI is InChI=1S/C16H21BrFN3/c1-3-14-16(17)15(21(4-2)20-14)9-12(10-19)11-6-5-7-13(18)8-11/h5-8,12H,3-4,9-10,19H2,1-2H3. The lowest BCUT2D eigenvalue weighted by Gasteiger charge is -2.16. The van der Waals surface area contributed by atoms with Crippen LogP contribution in [0, 0.1) is 5.82 Å². The Morgan fingerprint density at radius 3 is 2.71 bits per heavy atom. The van der Waals surface area contributed by atoms with E-state index in [2.05, 4.69) is 34.9 Å². The van der Waals surface area contributed by atoms with Crippen LogP contribution in [0.3, 0.4) is 0 Å². The summed E-state index contributed by atoms with van der Waals surface area (Å²) in [5.41, 5.74) is 9.04. The van der Waals surface area contributed by atoms with Crippen LogP contribution in [0.4, 0.5) is 4.39 Å². The quantitative estimate of drug-likeness (QED) is 0.861. The summed E-state index contributed by atoms with van der Waals surface area (Å²) in [5.74, 6) is -0.132. The SMILES string of the molecule is CCc1nn(CC)c(CC(CN)c2cccc(F)c2)c1Br. The normalized spacial score (nSPS) is 12.6. The van der Waals surface area contributed by atoms with Crippen molar-refractivity contribution in [3.63, 3.8) is 0 Å². The summed E-state index contributed by atoms with van der Waals surface area (Å²) in [5, 5.41) is 4.60. The maximum Gasteiger partial charge on any atom is 0.123 e. The molecule has 3 nitrogen and oxygen atoms in total. The van der Waals surface area contributed by atoms with Gasteiger partial charge in [0.15, 0.2) is 0 Å². The highest BCUT2D eigenvalue weighted by atomic mass is 79.9. The van der Waals surface area contributed by atoms with E-state index >= 15 is 0 Å². The number of halogens is 2. The van der Waals surface area contributed by atoms with Gasteiger partial charge < -0.3 is 5.73 Å². The molecular formula is C16H21BrFN3. The van der Waals surface area contributed by atoms with E-state index < -0.39 is 0 Å². The number of nitrogens with zero attached hydrogens (tertiary/aromatic N) is 2. The molecule has 5 heteroatoms. The van der Waals surface area contributed by atoms with E-state index in [0.29, 0.717) is 6.54 Å². The Labute approximate surface area is 133 Å². The minimum atomic E-state index is -0.219. The molecule has 1 heterocycles. The lowest BCUT2D eigenvalue weighted by atomic mass is 9.94. The molecule has 2 aromatic rings. The molecule has 1 aromatic heterocycles. The first-order valence-electron chi connectivity index (χ1n) is 7.30. The maximum atomic E-state index is 13.4. The third-order valence-electron chi connectivity index (χ3n) is 3.74. The molecule has 1 aromatic carbocycles. The van der Waals surface area contributed by atoms with Crippen molar-refractivity contribution < 1.29 is 4.39 Å². The lowest BCUT2D eigenvalue weighted by molar-refractivity contribution is 0.575. The fourth-order valence-electron chi connectivity index (χ4n) is 2.54. The lowest BCUT2D eigenvalue weighted by Crippen LogP contribution is -2.17. The molecule has 2 N–H and O–H groups in total. The number of aryl methyl sites for hydroxylation is 2. The highest BCUT2D eigenvalue weighted by molar-refractivity contribution is 9.10. The van der Waals surface area contributed by atoms with E-state index in [4.69, 9.17) is 5.73 Å². The van der Waals surface area contributed by atoms with Gasteiger partial charge in [-0.3, -0.25) is 4.68 Å². The summed E-state index contributed by atoms with van der Waals surface area (Å²) in [7, 11) is 0. The Balaban J connectivity index is 2.32. The largest absolute Gasteiger partial charge is 0.330 e. The van der Waals surface area contributed by atoms with Crippen molar-refractivity contribution in [3.05, 3.63) is 51.5 Å². The summed E-state index contributed by atoms with van der Waals surface area (Å²) in [4.78, 5) is 0. The van der Waals surface area contributed by atoms with Crippen molar-refractivity contribution in [2.24, 2.45) is 5.73 Å². The molecule has 1 unspecified atom stereocenters. The maximum absolute atomic E-state index is 13.4. The van der Waals surface area contributed by atoms with Crippen LogP contribution in [0.5, 0.6) is 0 Å². The summed E-state index contributed by atoms with van der Waals surface area (Å²) in [6.07, 6.45) is 1.63. The summed E-state index contributed by atoms with van der Waals surface area (Å²) in [6, 6.07) is 6.69. The molecule has 0 amide bonds. The summed E-state index contributed by atoms with van der Waals surface area (Å²) < 4.78 is 16.5. The van der Waals surface area contributed by atoms with E-state index in [9.17, 15) is 4.39 Å². The third kappa shape index (κ3) is 3.52. The summed E-state index contributed by atoms with van der Waals surface area (Å²) >= 11 is 3.65. The number of rotatable bonds is 6. The second-order valence-electron chi connectivity index (χ2n) is 5.07. The molecule has 0 radical (unpaired) electrons. The molecule has 1 atom stereocenters. The number of nitrogens with two attached hydrogens (primary N) is 1. The third-order valence-corrected chi connectivity index (χ3v) is 4.65. The van der Waals surface area contributed by atoms with Crippen molar-refractivity contribution in [2.75, 3.05) is 6.54 Å². The van der Waals surface area contributed by atoms with Crippen LogP contribution in [-0.2, 0) is 19.4 Å². The van der Waals surface area contributed by atoms with Gasteiger partial charge in [0.05, 0.1) is 15.9 Å². The zero-order chi connectivity index (χ0) is 15.4. The van der Waals surface area contributed by atoms with E-state index in [1.54, 1.807) is 12.1 Å². The van der Waals surface area contributed by atoms with E-state index in [1.807, 2.05) is 10.7 Å². The van der Waals surface area contributed by atoms with Crippen molar-refractivity contribution in [1.82, 2.24) is 9.78 Å². The van der Waals surface area contributed by atoms with E-state index in [1.165, 1.54) is 6.07 Å². The van der Waals surface area contributed by atoms with Crippen LogP contribution in [0.1, 0.15) is 36.7 Å². The van der Waals surface area contributed by atoms with Gasteiger partial charge in [0, 0.05) is 12.5 Å². The van der Waals surface area contributed by atoms with Gasteiger partial charge in [0.1, 0.15) is 5.82 Å². The van der Waals surface area contributed by atoms with Gasteiger partial charge in [0.2, 0.25) is 0 Å². The molecule has 0 bridgehead atoms. The van der Waals surface area contributed by atoms with Crippen LogP contribution in [0.15, 0.2) is 28.7 Å². The fourth-order valence-corrected chi connectivity index (χ4v) is 3.27. The molecule has 0 aliphatic carbocycles. The van der Waals surface area contributed by atoms with Crippen LogP contribution >= 0.6 is 15.9 Å². The second-order valence-corrected chi connectivity index (χ2v) is 5.86. The molecule has 0 spiro atoms. The van der Waals surface area contributed by atoms with Crippen LogP contribution in [-0.4, -0.2) is 16.3 Å². The molecule has 2 rings (SSSR count). The van der Waals surface area contributed by atoms with E-state index in [-0.39, 0.29) is 11.7 Å². The van der Waals surface area contributed by atoms with Crippen molar-refractivity contribution >= 4 is 15.9 Å². The highest BCUT2D eigenvalue weighted by Gasteiger charge is 2.19. The Hall–Kier alpha value is -1.20. The number of hydrogen-bond donors (Lipinski definition) is 1. The number of aromatic nitrogens is 2. The van der Waals surface area contributed by atoms with Gasteiger partial charge >= 0.3 is 0 Å². The first-order chi connectivity index (χ1) is 10.1. The average Bonchev–Trinajstić information content (AvgIpc) is 2.80. The zero-order valence-electron chi connectivity index (χ0n) is 12.4. The average molecular weight is 354 g/mol. The Bertz CT molecular complexity index is 610. The molecule has 114 valence electrons. The molecule has 0 saturated heterocycles. The topological polar surface area (TPSA) is 43.8 Å². The second kappa shape index (κ2) is 7.18. The molecule has 0 aliphatic heterocycles. The predicted octanol–water partition coefficient (Wildman–Crippen LogP) is 3.65. The Kier molecular flexibility index (Phi) is 5.53. The predicted molar refractivity (Wildman–Crippen MR) is 86.9 cm³/mol. The molecule has 21 heavy (non-hydrogen) atoms. The fraction of sp³-hybridized carbons (Fsp3) is 0.438. The minimum absolute atomic E-state index is 0.0868.